The number of aliphatic imine (C=N–C) groups is 1. The second kappa shape index (κ2) is 4.30. The zero-order valence-electron chi connectivity index (χ0n) is 6.95. The van der Waals surface area contributed by atoms with E-state index in [9.17, 15) is 4.79 Å². The molecule has 0 aromatic heterocycles. The maximum Gasteiger partial charge on any atom is 0.311 e. The van der Waals surface area contributed by atoms with E-state index in [0.29, 0.717) is 0 Å². The smallest absolute Gasteiger partial charge is 0.311 e. The van der Waals surface area contributed by atoms with Crippen LogP contribution < -0.4 is 0 Å². The van der Waals surface area contributed by atoms with Crippen LogP contribution in [0.2, 0.25) is 0 Å². The lowest BCUT2D eigenvalue weighted by Gasteiger charge is -2.06. The molecule has 0 saturated heterocycles. The maximum atomic E-state index is 10.9. The van der Waals surface area contributed by atoms with Gasteiger partial charge in [-0.15, -0.1) is 18.3 Å². The fourth-order valence-electron chi connectivity index (χ4n) is 0.847. The van der Waals surface area contributed by atoms with Crippen LogP contribution in [0.3, 0.4) is 0 Å². The molecule has 0 radical (unpaired) electrons. The first-order valence-corrected chi connectivity index (χ1v) is 4.68. The van der Waals surface area contributed by atoms with Gasteiger partial charge in [0.05, 0.1) is 17.2 Å². The van der Waals surface area contributed by atoms with E-state index in [4.69, 9.17) is 4.74 Å². The summed E-state index contributed by atoms with van der Waals surface area (Å²) in [5, 5.41) is 0.978. The Morgan fingerprint density at radius 2 is 2.75 bits per heavy atom. The predicted molar refractivity (Wildman–Crippen MR) is 50.3 cm³/mol. The Balaban J connectivity index is 2.32. The van der Waals surface area contributed by atoms with Gasteiger partial charge in [0.25, 0.3) is 0 Å². The number of carbonyl (C=O) groups is 1. The molecule has 0 spiro atoms. The van der Waals surface area contributed by atoms with Crippen molar-refractivity contribution in [3.63, 3.8) is 0 Å². The fraction of sp³-hybridized carbons (Fsp3) is 0.500. The first kappa shape index (κ1) is 9.32. The number of ether oxygens (including phenoxy) is 1. The van der Waals surface area contributed by atoms with Crippen LogP contribution in [0.1, 0.15) is 13.3 Å². The maximum absolute atomic E-state index is 10.9. The summed E-state index contributed by atoms with van der Waals surface area (Å²) in [7, 11) is 0. The molecule has 0 unspecified atom stereocenters. The minimum atomic E-state index is -0.276. The SMILES string of the molecule is C=CCC(=O)O[C@@H]1CSC(C)=N1. The summed E-state index contributed by atoms with van der Waals surface area (Å²) < 4.78 is 5.00. The lowest BCUT2D eigenvalue weighted by Crippen LogP contribution is -2.15. The fourth-order valence-corrected chi connectivity index (χ4v) is 1.57. The zero-order valence-corrected chi connectivity index (χ0v) is 7.76. The van der Waals surface area contributed by atoms with Crippen molar-refractivity contribution >= 4 is 22.8 Å². The number of nitrogens with zero attached hydrogens (tertiary/aromatic N) is 1. The van der Waals surface area contributed by atoms with Crippen LogP contribution in [0, 0.1) is 0 Å². The Kier molecular flexibility index (Phi) is 3.34. The van der Waals surface area contributed by atoms with Crippen molar-refractivity contribution in [1.82, 2.24) is 0 Å². The number of rotatable bonds is 3. The average Bonchev–Trinajstić information content (AvgIpc) is 2.36. The largest absolute Gasteiger partial charge is 0.439 e. The molecule has 1 atom stereocenters. The van der Waals surface area contributed by atoms with Crippen molar-refractivity contribution in [3.05, 3.63) is 12.7 Å². The molecule has 0 aromatic carbocycles. The summed E-state index contributed by atoms with van der Waals surface area (Å²) in [6.45, 7) is 5.36. The highest BCUT2D eigenvalue weighted by Gasteiger charge is 2.18. The molecule has 0 bridgehead atoms. The van der Waals surface area contributed by atoms with E-state index in [1.54, 1.807) is 11.8 Å². The number of esters is 1. The van der Waals surface area contributed by atoms with E-state index < -0.39 is 0 Å². The van der Waals surface area contributed by atoms with E-state index in [1.807, 2.05) is 6.92 Å². The molecule has 1 rings (SSSR count). The van der Waals surface area contributed by atoms with Crippen molar-refractivity contribution < 1.29 is 9.53 Å². The quantitative estimate of drug-likeness (QED) is 0.495. The standard InChI is InChI=1S/C8H11NO2S/c1-3-4-8(10)11-7-5-12-6(2)9-7/h3,7H,1,4-5H2,2H3/t7-/m1/s1. The van der Waals surface area contributed by atoms with E-state index in [2.05, 4.69) is 11.6 Å². The molecular formula is C8H11NO2S. The van der Waals surface area contributed by atoms with E-state index in [0.717, 1.165) is 10.8 Å². The Morgan fingerprint density at radius 1 is 2.00 bits per heavy atom. The predicted octanol–water partition coefficient (Wildman–Crippen LogP) is 1.60. The highest BCUT2D eigenvalue weighted by Crippen LogP contribution is 2.18. The lowest BCUT2D eigenvalue weighted by atomic mass is 10.4. The minimum absolute atomic E-state index is 0.256. The average molecular weight is 185 g/mol. The van der Waals surface area contributed by atoms with Gasteiger partial charge >= 0.3 is 5.97 Å². The Labute approximate surface area is 75.9 Å². The Bertz CT molecular complexity index is 225. The molecule has 3 nitrogen and oxygen atoms in total. The summed E-state index contributed by atoms with van der Waals surface area (Å²) >= 11 is 1.61. The van der Waals surface area contributed by atoms with E-state index in [1.165, 1.54) is 6.08 Å². The molecule has 0 aromatic rings. The molecule has 0 amide bonds. The summed E-state index contributed by atoms with van der Waals surface area (Å²) in [6.07, 6.45) is 1.51. The molecular weight excluding hydrogens is 174 g/mol. The highest BCUT2D eigenvalue weighted by molar-refractivity contribution is 8.14. The summed E-state index contributed by atoms with van der Waals surface area (Å²) in [6, 6.07) is 0. The molecule has 0 saturated carbocycles. The van der Waals surface area contributed by atoms with Gasteiger partial charge in [-0.3, -0.25) is 4.79 Å². The van der Waals surface area contributed by atoms with Crippen LogP contribution in [0.15, 0.2) is 17.6 Å². The molecule has 1 aliphatic heterocycles. The molecule has 1 aliphatic rings. The third-order valence-corrected chi connectivity index (χ3v) is 2.31. The first-order valence-electron chi connectivity index (χ1n) is 3.70. The second-order valence-electron chi connectivity index (χ2n) is 2.40. The Hall–Kier alpha value is -0.770. The molecule has 12 heavy (non-hydrogen) atoms. The topological polar surface area (TPSA) is 38.7 Å². The molecule has 0 aliphatic carbocycles. The van der Waals surface area contributed by atoms with Crippen molar-refractivity contribution in [2.75, 3.05) is 5.75 Å². The molecule has 0 fully saturated rings. The van der Waals surface area contributed by atoms with Gasteiger partial charge in [-0.1, -0.05) is 6.08 Å². The van der Waals surface area contributed by atoms with Crippen molar-refractivity contribution in [2.24, 2.45) is 4.99 Å². The molecule has 4 heteroatoms. The summed E-state index contributed by atoms with van der Waals surface area (Å²) in [5.41, 5.74) is 0. The first-order chi connectivity index (χ1) is 5.72. The van der Waals surface area contributed by atoms with Gasteiger partial charge in [-0.2, -0.15) is 0 Å². The van der Waals surface area contributed by atoms with Gasteiger partial charge in [0.15, 0.2) is 0 Å². The number of hydrogen-bond acceptors (Lipinski definition) is 4. The number of thioether (sulfide) groups is 1. The van der Waals surface area contributed by atoms with Crippen LogP contribution in [0.4, 0.5) is 0 Å². The van der Waals surface area contributed by atoms with Crippen LogP contribution >= 0.6 is 11.8 Å². The molecule has 1 heterocycles. The molecule has 0 N–H and O–H groups in total. The van der Waals surface area contributed by atoms with E-state index >= 15 is 0 Å². The van der Waals surface area contributed by atoms with Crippen molar-refractivity contribution in [2.45, 2.75) is 19.6 Å². The van der Waals surface area contributed by atoms with Crippen LogP contribution in [-0.4, -0.2) is 23.0 Å². The van der Waals surface area contributed by atoms with Gasteiger partial charge in [-0.25, -0.2) is 4.99 Å². The van der Waals surface area contributed by atoms with Gasteiger partial charge in [0.2, 0.25) is 6.23 Å². The summed E-state index contributed by atoms with van der Waals surface area (Å²) in [5.74, 6) is 0.489. The van der Waals surface area contributed by atoms with Crippen LogP contribution in [0.5, 0.6) is 0 Å². The Morgan fingerprint density at radius 3 is 3.25 bits per heavy atom. The van der Waals surface area contributed by atoms with Gasteiger partial charge in [-0.05, 0) is 6.92 Å². The third-order valence-electron chi connectivity index (χ3n) is 1.34. The van der Waals surface area contributed by atoms with Crippen LogP contribution in [-0.2, 0) is 9.53 Å². The second-order valence-corrected chi connectivity index (χ2v) is 3.61. The third kappa shape index (κ3) is 2.70. The number of carbonyl (C=O) groups excluding carboxylic acids is 1. The van der Waals surface area contributed by atoms with Gasteiger partial charge in [0, 0.05) is 0 Å². The van der Waals surface area contributed by atoms with Gasteiger partial charge in [0.1, 0.15) is 0 Å². The van der Waals surface area contributed by atoms with Crippen molar-refractivity contribution in [1.29, 1.82) is 0 Å². The van der Waals surface area contributed by atoms with Crippen molar-refractivity contribution in [3.8, 4) is 0 Å². The lowest BCUT2D eigenvalue weighted by molar-refractivity contribution is -0.146. The molecule has 66 valence electrons. The van der Waals surface area contributed by atoms with E-state index in [-0.39, 0.29) is 18.6 Å². The van der Waals surface area contributed by atoms with Gasteiger partial charge < -0.3 is 4.74 Å². The summed E-state index contributed by atoms with van der Waals surface area (Å²) in [4.78, 5) is 15.0. The normalized spacial score (nSPS) is 21.8. The zero-order chi connectivity index (χ0) is 8.97. The number of hydrogen-bond donors (Lipinski definition) is 0. The monoisotopic (exact) mass is 185 g/mol. The highest BCUT2D eigenvalue weighted by atomic mass is 32.2. The minimum Gasteiger partial charge on any atom is -0.439 e. The van der Waals surface area contributed by atoms with Crippen LogP contribution in [0.25, 0.3) is 0 Å².